The molecule has 31 heavy (non-hydrogen) atoms. The van der Waals surface area contributed by atoms with E-state index in [1.54, 1.807) is 24.3 Å². The quantitative estimate of drug-likeness (QED) is 0.523. The molecule has 1 unspecified atom stereocenters. The van der Waals surface area contributed by atoms with Gasteiger partial charge in [-0.15, -0.1) is 0 Å². The summed E-state index contributed by atoms with van der Waals surface area (Å²) >= 11 is 12.0. The number of hydrogen-bond donors (Lipinski definition) is 2. The Morgan fingerprint density at radius 3 is 2.58 bits per heavy atom. The van der Waals surface area contributed by atoms with Crippen molar-refractivity contribution in [1.82, 2.24) is 10.2 Å². The third-order valence-corrected chi connectivity index (χ3v) is 5.93. The van der Waals surface area contributed by atoms with E-state index in [1.807, 2.05) is 18.2 Å². The summed E-state index contributed by atoms with van der Waals surface area (Å²) in [6.45, 7) is 2.65. The molecule has 2 aromatic rings. The Labute approximate surface area is 192 Å². The number of carboxylic acids is 1. The van der Waals surface area contributed by atoms with Gasteiger partial charge in [0, 0.05) is 19.0 Å². The molecule has 0 spiro atoms. The van der Waals surface area contributed by atoms with E-state index in [0.717, 1.165) is 30.8 Å². The van der Waals surface area contributed by atoms with E-state index in [9.17, 15) is 9.59 Å². The molecule has 3 rings (SSSR count). The lowest BCUT2D eigenvalue weighted by Gasteiger charge is -2.25. The van der Waals surface area contributed by atoms with Crippen molar-refractivity contribution in [3.8, 4) is 5.75 Å². The number of halogens is 2. The molecule has 1 fully saturated rings. The molecule has 1 atom stereocenters. The van der Waals surface area contributed by atoms with Gasteiger partial charge in [0.2, 0.25) is 0 Å². The van der Waals surface area contributed by atoms with Crippen LogP contribution in [0.4, 0.5) is 0 Å². The fourth-order valence-electron chi connectivity index (χ4n) is 3.65. The van der Waals surface area contributed by atoms with E-state index in [2.05, 4.69) is 10.2 Å². The molecule has 0 aromatic heterocycles. The molecular weight excluding hydrogens is 439 g/mol. The summed E-state index contributed by atoms with van der Waals surface area (Å²) in [5.41, 5.74) is 1.78. The minimum atomic E-state index is -1.02. The number of rotatable bonds is 11. The normalized spacial score (nSPS) is 15.0. The van der Waals surface area contributed by atoms with Crippen molar-refractivity contribution in [3.05, 3.63) is 63.6 Å². The molecule has 0 saturated carbocycles. The average molecular weight is 465 g/mol. The van der Waals surface area contributed by atoms with Gasteiger partial charge in [-0.3, -0.25) is 4.79 Å². The van der Waals surface area contributed by atoms with Crippen molar-refractivity contribution < 1.29 is 19.4 Å². The topological polar surface area (TPSA) is 78.9 Å². The van der Waals surface area contributed by atoms with Crippen LogP contribution < -0.4 is 10.1 Å². The molecule has 0 amide bonds. The minimum absolute atomic E-state index is 0.0445. The van der Waals surface area contributed by atoms with Crippen LogP contribution in [0, 0.1) is 0 Å². The van der Waals surface area contributed by atoms with Crippen molar-refractivity contribution in [3.63, 3.8) is 0 Å². The highest BCUT2D eigenvalue weighted by Crippen LogP contribution is 2.24. The number of carbonyl (C=O) groups is 2. The first kappa shape index (κ1) is 23.5. The van der Waals surface area contributed by atoms with E-state index in [0.29, 0.717) is 15.8 Å². The van der Waals surface area contributed by atoms with Gasteiger partial charge in [0.05, 0.1) is 16.6 Å². The maximum absolute atomic E-state index is 12.6. The van der Waals surface area contributed by atoms with Crippen molar-refractivity contribution in [2.24, 2.45) is 0 Å². The molecule has 2 N–H and O–H groups in total. The molecule has 6 nitrogen and oxygen atoms in total. The second-order valence-corrected chi connectivity index (χ2v) is 8.47. The minimum Gasteiger partial charge on any atom is -0.482 e. The monoisotopic (exact) mass is 464 g/mol. The Kier molecular flexibility index (Phi) is 8.72. The maximum atomic E-state index is 12.6. The van der Waals surface area contributed by atoms with Gasteiger partial charge in [-0.25, -0.2) is 4.79 Å². The average Bonchev–Trinajstić information content (AvgIpc) is 3.26. The van der Waals surface area contributed by atoms with E-state index < -0.39 is 12.6 Å². The zero-order valence-corrected chi connectivity index (χ0v) is 18.7. The lowest BCUT2D eigenvalue weighted by Crippen LogP contribution is -2.36. The number of ether oxygens (including phenoxy) is 1. The highest BCUT2D eigenvalue weighted by molar-refractivity contribution is 6.42. The standard InChI is InChI=1S/C23H26Cl2N2O4/c24-20-7-6-16(11-21(20)25)10-18(28)13-26-22(14-27-8-1-2-9-27)17-4-3-5-19(12-17)31-15-23(29)30/h3-7,11-12,22,26H,1-2,8-10,13-15H2,(H,29,30). The number of ketones is 1. The summed E-state index contributed by atoms with van der Waals surface area (Å²) < 4.78 is 5.32. The molecule has 1 aliphatic rings. The lowest BCUT2D eigenvalue weighted by atomic mass is 10.0. The van der Waals surface area contributed by atoms with Crippen LogP contribution in [0.3, 0.4) is 0 Å². The van der Waals surface area contributed by atoms with Gasteiger partial charge in [-0.1, -0.05) is 41.4 Å². The predicted octanol–water partition coefficient (Wildman–Crippen LogP) is 4.00. The van der Waals surface area contributed by atoms with E-state index in [-0.39, 0.29) is 24.8 Å². The summed E-state index contributed by atoms with van der Waals surface area (Å²) in [6.07, 6.45) is 2.61. The lowest BCUT2D eigenvalue weighted by molar-refractivity contribution is -0.139. The Morgan fingerprint density at radius 2 is 1.87 bits per heavy atom. The van der Waals surface area contributed by atoms with E-state index in [1.165, 1.54) is 12.8 Å². The van der Waals surface area contributed by atoms with Crippen LogP contribution in [-0.4, -0.2) is 54.5 Å². The Hall–Kier alpha value is -2.12. The van der Waals surface area contributed by atoms with E-state index >= 15 is 0 Å². The van der Waals surface area contributed by atoms with Gasteiger partial charge >= 0.3 is 5.97 Å². The number of hydrogen-bond acceptors (Lipinski definition) is 5. The van der Waals surface area contributed by atoms with Crippen LogP contribution in [0.5, 0.6) is 5.75 Å². The summed E-state index contributed by atoms with van der Waals surface area (Å²) in [6, 6.07) is 12.5. The molecule has 1 aliphatic heterocycles. The van der Waals surface area contributed by atoms with Gasteiger partial charge in [0.25, 0.3) is 0 Å². The second kappa shape index (κ2) is 11.5. The first-order chi connectivity index (χ1) is 14.9. The number of carboxylic acid groups (broad SMARTS) is 1. The number of likely N-dealkylation sites (tertiary alicyclic amines) is 1. The Bertz CT molecular complexity index is 916. The molecule has 166 valence electrons. The fourth-order valence-corrected chi connectivity index (χ4v) is 3.97. The van der Waals surface area contributed by atoms with Crippen LogP contribution in [0.15, 0.2) is 42.5 Å². The molecule has 2 aromatic carbocycles. The molecule has 1 saturated heterocycles. The van der Waals surface area contributed by atoms with Crippen molar-refractivity contribution in [2.45, 2.75) is 25.3 Å². The number of nitrogens with zero attached hydrogens (tertiary/aromatic N) is 1. The molecule has 0 bridgehead atoms. The van der Waals surface area contributed by atoms with Gasteiger partial charge in [-0.05, 0) is 61.3 Å². The van der Waals surface area contributed by atoms with Gasteiger partial charge in [0.1, 0.15) is 5.75 Å². The first-order valence-corrected chi connectivity index (χ1v) is 11.0. The largest absolute Gasteiger partial charge is 0.482 e. The number of carbonyl (C=O) groups excluding carboxylic acids is 1. The zero-order chi connectivity index (χ0) is 22.2. The molecular formula is C23H26Cl2N2O4. The van der Waals surface area contributed by atoms with Crippen LogP contribution in [-0.2, 0) is 16.0 Å². The maximum Gasteiger partial charge on any atom is 0.341 e. The summed E-state index contributed by atoms with van der Waals surface area (Å²) in [5, 5.41) is 13.1. The fraction of sp³-hybridized carbons (Fsp3) is 0.391. The van der Waals surface area contributed by atoms with Gasteiger partial charge < -0.3 is 20.1 Å². The van der Waals surface area contributed by atoms with Crippen molar-refractivity contribution >= 4 is 35.0 Å². The zero-order valence-electron chi connectivity index (χ0n) is 17.2. The summed E-state index contributed by atoms with van der Waals surface area (Å²) in [5.74, 6) is -0.483. The smallest absolute Gasteiger partial charge is 0.341 e. The van der Waals surface area contributed by atoms with Crippen LogP contribution >= 0.6 is 23.2 Å². The summed E-state index contributed by atoms with van der Waals surface area (Å²) in [7, 11) is 0. The summed E-state index contributed by atoms with van der Waals surface area (Å²) in [4.78, 5) is 25.7. The van der Waals surface area contributed by atoms with Gasteiger partial charge in [0.15, 0.2) is 12.4 Å². The molecule has 0 aliphatic carbocycles. The highest BCUT2D eigenvalue weighted by Gasteiger charge is 2.20. The predicted molar refractivity (Wildman–Crippen MR) is 121 cm³/mol. The van der Waals surface area contributed by atoms with Crippen LogP contribution in [0.2, 0.25) is 10.0 Å². The number of benzene rings is 2. The van der Waals surface area contributed by atoms with Crippen LogP contribution in [0.1, 0.15) is 30.0 Å². The third-order valence-electron chi connectivity index (χ3n) is 5.19. The van der Waals surface area contributed by atoms with E-state index in [4.69, 9.17) is 33.0 Å². The van der Waals surface area contributed by atoms with Crippen molar-refractivity contribution in [2.75, 3.05) is 32.8 Å². The third kappa shape index (κ3) is 7.51. The van der Waals surface area contributed by atoms with Gasteiger partial charge in [-0.2, -0.15) is 0 Å². The molecule has 1 heterocycles. The Morgan fingerprint density at radius 1 is 1.10 bits per heavy atom. The molecule has 8 heteroatoms. The van der Waals surface area contributed by atoms with Crippen molar-refractivity contribution in [1.29, 1.82) is 0 Å². The highest BCUT2D eigenvalue weighted by atomic mass is 35.5. The number of nitrogens with one attached hydrogen (secondary N) is 1. The first-order valence-electron chi connectivity index (χ1n) is 10.3. The SMILES string of the molecule is O=C(O)COc1cccc(C(CN2CCCC2)NCC(=O)Cc2ccc(Cl)c(Cl)c2)c1. The second-order valence-electron chi connectivity index (χ2n) is 7.66. The van der Waals surface area contributed by atoms with Crippen LogP contribution in [0.25, 0.3) is 0 Å². The molecule has 0 radical (unpaired) electrons. The number of Topliss-reactive ketones (excluding diaryl/α,β-unsaturated/α-hetero) is 1. The Balaban J connectivity index is 1.65. The number of aliphatic carboxylic acids is 1.